The highest BCUT2D eigenvalue weighted by molar-refractivity contribution is 9.10. The highest BCUT2D eigenvalue weighted by Gasteiger charge is 2.21. The van der Waals surface area contributed by atoms with Gasteiger partial charge in [0.25, 0.3) is 0 Å². The van der Waals surface area contributed by atoms with Gasteiger partial charge in [0, 0.05) is 67.0 Å². The summed E-state index contributed by atoms with van der Waals surface area (Å²) in [5.41, 5.74) is 27.1. The molecule has 20 aromatic rings. The van der Waals surface area contributed by atoms with Crippen molar-refractivity contribution in [2.24, 2.45) is 0 Å². The van der Waals surface area contributed by atoms with Crippen LogP contribution in [0.4, 0.5) is 62.6 Å². The lowest BCUT2D eigenvalue weighted by atomic mass is 9.86. The van der Waals surface area contributed by atoms with Crippen molar-refractivity contribution in [3.8, 4) is 66.8 Å². The summed E-state index contributed by atoms with van der Waals surface area (Å²) >= 11 is 3.56. The van der Waals surface area contributed by atoms with Gasteiger partial charge in [-0.2, -0.15) is 0 Å². The molecule has 5 heteroatoms. The first kappa shape index (κ1) is 75.8. The van der Waals surface area contributed by atoms with Gasteiger partial charge >= 0.3 is 0 Å². The number of fused-ring (bicyclic) bond motifs is 4. The second-order valence-electron chi connectivity index (χ2n) is 28.9. The Hall–Kier alpha value is -14.9. The van der Waals surface area contributed by atoms with Crippen molar-refractivity contribution in [3.63, 3.8) is 0 Å². The smallest absolute Gasteiger partial charge is 0.0462 e. The van der Waals surface area contributed by atoms with E-state index in [-0.39, 0.29) is 7.43 Å². The predicted octanol–water partition coefficient (Wildman–Crippen LogP) is 33.2. The molecule has 0 saturated carbocycles. The van der Waals surface area contributed by atoms with Crippen LogP contribution >= 0.6 is 15.9 Å². The van der Waals surface area contributed by atoms with E-state index in [1.807, 2.05) is 30.3 Å². The Morgan fingerprint density at radius 2 is 0.305 bits per heavy atom. The molecular formula is C113H85BrN4. The molecule has 20 rings (SSSR count). The van der Waals surface area contributed by atoms with Gasteiger partial charge in [0.1, 0.15) is 0 Å². The Labute approximate surface area is 700 Å². The van der Waals surface area contributed by atoms with E-state index in [9.17, 15) is 0 Å². The van der Waals surface area contributed by atoms with Gasteiger partial charge < -0.3 is 20.0 Å². The molecule has 0 saturated heterocycles. The van der Waals surface area contributed by atoms with Gasteiger partial charge in [0.2, 0.25) is 0 Å². The van der Waals surface area contributed by atoms with E-state index in [0.29, 0.717) is 0 Å². The van der Waals surface area contributed by atoms with Gasteiger partial charge in [-0.1, -0.05) is 363 Å². The van der Waals surface area contributed by atoms with Crippen molar-refractivity contribution < 1.29 is 0 Å². The van der Waals surface area contributed by atoms with Crippen molar-refractivity contribution in [2.75, 3.05) is 20.0 Å². The lowest BCUT2D eigenvalue weighted by Gasteiger charge is -2.26. The average Bonchev–Trinajstić information content (AvgIpc) is 0.739. The molecule has 0 heterocycles. The Morgan fingerprint density at radius 3 is 0.542 bits per heavy atom. The third kappa shape index (κ3) is 16.3. The average molecular weight is 1580 g/mol. The SMILES string of the molecule is Brc1ccc(-c2c3ccccc3c(-c3ccccc3)c3ccccc23)cc1.C.c1ccc(-c2c3ccccc3c(-c3ccc(N(c4ccccc4)c4ccc(-c5ccc(N(c6ccccc6)c6ccccc6)cc5)cc4)cc3)c3ccccc23)cc1.c1ccc(Nc2ccc(-c3ccc(N(c4ccccc4)c4ccccc4)cc3)cc2)cc1. The van der Waals surface area contributed by atoms with Gasteiger partial charge in [-0.25, -0.2) is 0 Å². The summed E-state index contributed by atoms with van der Waals surface area (Å²) < 4.78 is 1.10. The fourth-order valence-corrected chi connectivity index (χ4v) is 16.4. The summed E-state index contributed by atoms with van der Waals surface area (Å²) in [5, 5.41) is 13.6. The number of halogens is 1. The summed E-state index contributed by atoms with van der Waals surface area (Å²) in [6.45, 7) is 0. The maximum atomic E-state index is 3.56. The maximum absolute atomic E-state index is 3.56. The highest BCUT2D eigenvalue weighted by Crippen LogP contribution is 2.48. The van der Waals surface area contributed by atoms with Gasteiger partial charge in [-0.15, -0.1) is 0 Å². The van der Waals surface area contributed by atoms with Gasteiger partial charge in [-0.05, 0) is 255 Å². The molecule has 20 aromatic carbocycles. The lowest BCUT2D eigenvalue weighted by Crippen LogP contribution is -2.09. The summed E-state index contributed by atoms with van der Waals surface area (Å²) in [6, 6.07) is 172. The van der Waals surface area contributed by atoms with E-state index in [0.717, 1.165) is 67.0 Å². The quantitative estimate of drug-likeness (QED) is 0.0917. The zero-order chi connectivity index (χ0) is 78.5. The van der Waals surface area contributed by atoms with Crippen LogP contribution in [0.1, 0.15) is 7.43 Å². The van der Waals surface area contributed by atoms with E-state index in [1.54, 1.807) is 0 Å². The molecule has 0 spiro atoms. The molecule has 564 valence electrons. The number of rotatable bonds is 17. The van der Waals surface area contributed by atoms with Crippen molar-refractivity contribution in [3.05, 3.63) is 490 Å². The first-order valence-electron chi connectivity index (χ1n) is 39.7. The fourth-order valence-electron chi connectivity index (χ4n) is 16.2. The summed E-state index contributed by atoms with van der Waals surface area (Å²) in [6.07, 6.45) is 0. The second-order valence-corrected chi connectivity index (χ2v) is 29.8. The maximum Gasteiger partial charge on any atom is 0.0462 e. The lowest BCUT2D eigenvalue weighted by molar-refractivity contribution is 1.28. The minimum absolute atomic E-state index is 0. The van der Waals surface area contributed by atoms with Gasteiger partial charge in [0.05, 0.1) is 0 Å². The Morgan fingerprint density at radius 1 is 0.144 bits per heavy atom. The van der Waals surface area contributed by atoms with E-state index >= 15 is 0 Å². The molecule has 0 bridgehead atoms. The third-order valence-electron chi connectivity index (χ3n) is 21.6. The monoisotopic (exact) mass is 1580 g/mol. The number of hydrogen-bond acceptors (Lipinski definition) is 4. The molecule has 0 amide bonds. The zero-order valence-electron chi connectivity index (χ0n) is 64.4. The number of nitrogens with one attached hydrogen (secondary N) is 1. The van der Waals surface area contributed by atoms with Crippen LogP contribution in [0.3, 0.4) is 0 Å². The fraction of sp³-hybridized carbons (Fsp3) is 0.00885. The summed E-state index contributed by atoms with van der Waals surface area (Å²) in [4.78, 5) is 6.90. The van der Waals surface area contributed by atoms with E-state index in [1.165, 1.54) is 110 Å². The third-order valence-corrected chi connectivity index (χ3v) is 22.1. The molecule has 0 aliphatic heterocycles. The Balaban J connectivity index is 0.000000140. The number of hydrogen-bond donors (Lipinski definition) is 1. The molecule has 0 unspecified atom stereocenters. The number of para-hydroxylation sites is 6. The van der Waals surface area contributed by atoms with Crippen LogP contribution in [0.25, 0.3) is 110 Å². The van der Waals surface area contributed by atoms with E-state index < -0.39 is 0 Å². The first-order valence-corrected chi connectivity index (χ1v) is 40.5. The highest BCUT2D eigenvalue weighted by atomic mass is 79.9. The van der Waals surface area contributed by atoms with E-state index in [2.05, 4.69) is 491 Å². The molecule has 0 aromatic heterocycles. The van der Waals surface area contributed by atoms with Crippen LogP contribution in [0.5, 0.6) is 0 Å². The molecule has 0 atom stereocenters. The number of nitrogens with zero attached hydrogens (tertiary/aromatic N) is 3. The topological polar surface area (TPSA) is 21.8 Å². The Bertz CT molecular complexity index is 6490. The Kier molecular flexibility index (Phi) is 22.9. The van der Waals surface area contributed by atoms with Crippen LogP contribution in [0.15, 0.2) is 490 Å². The molecule has 0 radical (unpaired) electrons. The molecular weight excluding hydrogens is 1490 g/mol. The van der Waals surface area contributed by atoms with Crippen molar-refractivity contribution >= 4 is 122 Å². The molecule has 4 nitrogen and oxygen atoms in total. The largest absolute Gasteiger partial charge is 0.356 e. The van der Waals surface area contributed by atoms with Crippen LogP contribution in [0.2, 0.25) is 0 Å². The van der Waals surface area contributed by atoms with Crippen LogP contribution in [0, 0.1) is 0 Å². The molecule has 1 N–H and O–H groups in total. The molecule has 0 aliphatic carbocycles. The summed E-state index contributed by atoms with van der Waals surface area (Å²) in [5.74, 6) is 0. The van der Waals surface area contributed by atoms with Crippen LogP contribution < -0.4 is 20.0 Å². The number of anilines is 11. The normalized spacial score (nSPS) is 10.9. The standard InChI is InChI=1S/C56H40N2.C30H24N2.C26H17Br.CH4/c1-5-17-43(18-6-1)55-51-25-13-15-27-53(51)56(54-28-16-14-26-52(54)55)44-33-39-50(40-34-44)58(47-23-11-4-12-24-47)49-37-31-42(32-38-49)41-29-35-48(36-30-41)57(45-19-7-2-8-20-45)46-21-9-3-10-22-46;1-4-10-26(11-5-1)31-27-20-16-24(17-21-27)25-18-22-30(23-19-25)32(28-12-6-2-7-13-28)29-14-8-3-9-15-29;27-20-16-14-19(15-17-20)26-23-12-6-4-10-21(23)25(18-8-2-1-3-9-18)22-11-5-7-13-24(22)26;/h1-40H;1-23,31H;1-17H;1H4. The predicted molar refractivity (Wildman–Crippen MR) is 510 cm³/mol. The van der Waals surface area contributed by atoms with Gasteiger partial charge in [0.15, 0.2) is 0 Å². The molecule has 0 fully saturated rings. The van der Waals surface area contributed by atoms with Crippen molar-refractivity contribution in [1.29, 1.82) is 0 Å². The summed E-state index contributed by atoms with van der Waals surface area (Å²) in [7, 11) is 0. The van der Waals surface area contributed by atoms with Gasteiger partial charge in [-0.3, -0.25) is 0 Å². The van der Waals surface area contributed by atoms with Crippen molar-refractivity contribution in [1.82, 2.24) is 0 Å². The van der Waals surface area contributed by atoms with Crippen molar-refractivity contribution in [2.45, 2.75) is 7.43 Å². The minimum atomic E-state index is 0. The van der Waals surface area contributed by atoms with E-state index in [4.69, 9.17) is 0 Å². The second kappa shape index (κ2) is 35.7. The van der Waals surface area contributed by atoms with Crippen LogP contribution in [-0.4, -0.2) is 0 Å². The number of benzene rings is 20. The zero-order valence-corrected chi connectivity index (χ0v) is 66.0. The molecule has 0 aliphatic rings. The minimum Gasteiger partial charge on any atom is -0.356 e. The first-order chi connectivity index (χ1) is 58.0. The van der Waals surface area contributed by atoms with Crippen LogP contribution in [-0.2, 0) is 0 Å². The molecule has 118 heavy (non-hydrogen) atoms.